The lowest BCUT2D eigenvalue weighted by molar-refractivity contribution is 0.0905. The van der Waals surface area contributed by atoms with Crippen molar-refractivity contribution < 1.29 is 4.79 Å². The first kappa shape index (κ1) is 13.5. The van der Waals surface area contributed by atoms with Crippen LogP contribution in [0.2, 0.25) is 0 Å². The number of rotatable bonds is 4. The normalized spacial score (nSPS) is 10.9. The van der Waals surface area contributed by atoms with Crippen LogP contribution in [0.1, 0.15) is 28.9 Å². The van der Waals surface area contributed by atoms with Crippen molar-refractivity contribution in [3.8, 4) is 0 Å². The Morgan fingerprint density at radius 3 is 2.76 bits per heavy atom. The molecular weight excluding hydrogens is 262 g/mol. The second-order valence-corrected chi connectivity index (χ2v) is 5.14. The summed E-state index contributed by atoms with van der Waals surface area (Å²) < 4.78 is 1.60. The third-order valence-corrected chi connectivity index (χ3v) is 3.52. The summed E-state index contributed by atoms with van der Waals surface area (Å²) in [4.78, 5) is 20.8. The smallest absolute Gasteiger partial charge is 0.232 e. The summed E-state index contributed by atoms with van der Waals surface area (Å²) in [6, 6.07) is 14.0. The van der Waals surface area contributed by atoms with Crippen LogP contribution in [0.3, 0.4) is 0 Å². The minimum Gasteiger partial charge on any atom is -0.274 e. The van der Waals surface area contributed by atoms with Crippen molar-refractivity contribution in [1.82, 2.24) is 14.5 Å². The monoisotopic (exact) mass is 279 g/mol. The van der Waals surface area contributed by atoms with Gasteiger partial charge in [-0.25, -0.2) is 9.97 Å². The van der Waals surface area contributed by atoms with Crippen molar-refractivity contribution in [2.75, 3.05) is 0 Å². The number of imidazole rings is 1. The Balaban J connectivity index is 1.67. The van der Waals surface area contributed by atoms with E-state index in [9.17, 15) is 4.79 Å². The molecule has 21 heavy (non-hydrogen) atoms. The van der Waals surface area contributed by atoms with E-state index < -0.39 is 0 Å². The molecule has 0 saturated carbocycles. The number of pyridine rings is 1. The average Bonchev–Trinajstić information content (AvgIpc) is 2.91. The Kier molecular flexibility index (Phi) is 3.77. The van der Waals surface area contributed by atoms with E-state index in [-0.39, 0.29) is 5.91 Å². The van der Waals surface area contributed by atoms with Crippen LogP contribution in [0, 0.1) is 6.92 Å². The molecule has 3 aromatic rings. The molecule has 0 bridgehead atoms. The van der Waals surface area contributed by atoms with Gasteiger partial charge in [0.25, 0.3) is 0 Å². The molecule has 0 saturated heterocycles. The van der Waals surface area contributed by atoms with Gasteiger partial charge in [0.05, 0.1) is 5.52 Å². The average molecular weight is 279 g/mol. The van der Waals surface area contributed by atoms with Crippen LogP contribution in [0.15, 0.2) is 48.8 Å². The first-order valence-corrected chi connectivity index (χ1v) is 7.12. The molecule has 4 heteroatoms. The number of carbonyl (C=O) groups excluding carboxylic acids is 1. The highest BCUT2D eigenvalue weighted by Crippen LogP contribution is 2.13. The number of fused-ring (bicyclic) bond motifs is 1. The van der Waals surface area contributed by atoms with E-state index in [4.69, 9.17) is 0 Å². The number of aromatic nitrogens is 3. The Morgan fingerprint density at radius 2 is 1.95 bits per heavy atom. The predicted octanol–water partition coefficient (Wildman–Crippen LogP) is 3.40. The van der Waals surface area contributed by atoms with Crippen molar-refractivity contribution in [1.29, 1.82) is 0 Å². The van der Waals surface area contributed by atoms with Gasteiger partial charge in [-0.05, 0) is 37.5 Å². The first-order chi connectivity index (χ1) is 10.2. The number of hydrogen-bond donors (Lipinski definition) is 0. The summed E-state index contributed by atoms with van der Waals surface area (Å²) in [6.07, 6.45) is 3.83. The van der Waals surface area contributed by atoms with E-state index in [0.29, 0.717) is 12.1 Å². The summed E-state index contributed by atoms with van der Waals surface area (Å²) in [7, 11) is 0. The van der Waals surface area contributed by atoms with Crippen LogP contribution in [0.4, 0.5) is 0 Å². The fourth-order valence-electron chi connectivity index (χ4n) is 2.40. The molecule has 0 aliphatic rings. The number of carbonyl (C=O) groups is 1. The lowest BCUT2D eigenvalue weighted by atomic mass is 10.1. The zero-order valence-electron chi connectivity index (χ0n) is 12.0. The summed E-state index contributed by atoms with van der Waals surface area (Å²) >= 11 is 0. The fraction of sp³-hybridized carbons (Fsp3) is 0.235. The summed E-state index contributed by atoms with van der Waals surface area (Å²) in [6.45, 7) is 1.92. The Hall–Kier alpha value is -2.49. The second-order valence-electron chi connectivity index (χ2n) is 5.14. The number of nitrogens with zero attached hydrogens (tertiary/aromatic N) is 3. The van der Waals surface area contributed by atoms with E-state index >= 15 is 0 Å². The molecule has 0 fully saturated rings. The molecule has 2 heterocycles. The van der Waals surface area contributed by atoms with Crippen LogP contribution < -0.4 is 0 Å². The number of benzene rings is 1. The maximum atomic E-state index is 12.3. The topological polar surface area (TPSA) is 47.8 Å². The lowest BCUT2D eigenvalue weighted by Gasteiger charge is -2.03. The molecular formula is C17H17N3O. The highest BCUT2D eigenvalue weighted by Gasteiger charge is 2.10. The molecule has 2 aromatic heterocycles. The van der Waals surface area contributed by atoms with Gasteiger partial charge in [0.15, 0.2) is 5.65 Å². The molecule has 0 aliphatic carbocycles. The van der Waals surface area contributed by atoms with Crippen molar-refractivity contribution in [2.24, 2.45) is 0 Å². The molecule has 0 unspecified atom stereocenters. The molecule has 0 amide bonds. The lowest BCUT2D eigenvalue weighted by Crippen LogP contribution is -2.09. The van der Waals surface area contributed by atoms with Crippen LogP contribution in [0.25, 0.3) is 11.2 Å². The van der Waals surface area contributed by atoms with Gasteiger partial charge in [0.2, 0.25) is 5.91 Å². The number of aryl methyl sites for hydroxylation is 2. The standard InChI is InChI=1S/C17H17N3O/c1-13-10-11-15-17(19-13)18-12-20(15)16(21)9-5-8-14-6-3-2-4-7-14/h2-4,6-7,10-12H,5,8-9H2,1H3. The number of hydrogen-bond acceptors (Lipinski definition) is 3. The van der Waals surface area contributed by atoms with Crippen molar-refractivity contribution in [2.45, 2.75) is 26.2 Å². The van der Waals surface area contributed by atoms with E-state index in [0.717, 1.165) is 24.1 Å². The second kappa shape index (κ2) is 5.87. The zero-order chi connectivity index (χ0) is 14.7. The fourth-order valence-corrected chi connectivity index (χ4v) is 2.40. The Labute approximate surface area is 123 Å². The van der Waals surface area contributed by atoms with Gasteiger partial charge in [-0.1, -0.05) is 30.3 Å². The molecule has 0 N–H and O–H groups in total. The highest BCUT2D eigenvalue weighted by atomic mass is 16.2. The van der Waals surface area contributed by atoms with E-state index in [1.165, 1.54) is 5.56 Å². The van der Waals surface area contributed by atoms with Crippen molar-refractivity contribution in [3.05, 3.63) is 60.0 Å². The van der Waals surface area contributed by atoms with Crippen LogP contribution >= 0.6 is 0 Å². The third-order valence-electron chi connectivity index (χ3n) is 3.52. The molecule has 0 atom stereocenters. The quantitative estimate of drug-likeness (QED) is 0.735. The molecule has 3 rings (SSSR count). The van der Waals surface area contributed by atoms with Gasteiger partial charge in [-0.3, -0.25) is 9.36 Å². The molecule has 0 spiro atoms. The van der Waals surface area contributed by atoms with Crippen LogP contribution in [0.5, 0.6) is 0 Å². The van der Waals surface area contributed by atoms with Gasteiger partial charge in [0, 0.05) is 12.1 Å². The van der Waals surface area contributed by atoms with Crippen LogP contribution in [-0.2, 0) is 6.42 Å². The Bertz CT molecular complexity index is 762. The predicted molar refractivity (Wildman–Crippen MR) is 82.3 cm³/mol. The summed E-state index contributed by atoms with van der Waals surface area (Å²) in [5, 5.41) is 0. The molecule has 0 aliphatic heterocycles. The van der Waals surface area contributed by atoms with E-state index in [1.54, 1.807) is 10.9 Å². The maximum Gasteiger partial charge on any atom is 0.232 e. The highest BCUT2D eigenvalue weighted by molar-refractivity contribution is 5.88. The first-order valence-electron chi connectivity index (χ1n) is 7.12. The molecule has 106 valence electrons. The molecule has 4 nitrogen and oxygen atoms in total. The van der Waals surface area contributed by atoms with Crippen molar-refractivity contribution >= 4 is 17.1 Å². The van der Waals surface area contributed by atoms with Gasteiger partial charge in [0.1, 0.15) is 6.33 Å². The van der Waals surface area contributed by atoms with Gasteiger partial charge in [-0.2, -0.15) is 0 Å². The maximum absolute atomic E-state index is 12.3. The SMILES string of the molecule is Cc1ccc2c(ncn2C(=O)CCCc2ccccc2)n1. The largest absolute Gasteiger partial charge is 0.274 e. The minimum absolute atomic E-state index is 0.0686. The van der Waals surface area contributed by atoms with Gasteiger partial charge < -0.3 is 0 Å². The minimum atomic E-state index is 0.0686. The summed E-state index contributed by atoms with van der Waals surface area (Å²) in [5.41, 5.74) is 3.58. The van der Waals surface area contributed by atoms with Gasteiger partial charge in [-0.15, -0.1) is 0 Å². The van der Waals surface area contributed by atoms with E-state index in [1.807, 2.05) is 37.3 Å². The molecule has 0 radical (unpaired) electrons. The third kappa shape index (κ3) is 2.99. The van der Waals surface area contributed by atoms with Crippen LogP contribution in [-0.4, -0.2) is 20.4 Å². The molecule has 1 aromatic carbocycles. The Morgan fingerprint density at radius 1 is 1.14 bits per heavy atom. The van der Waals surface area contributed by atoms with Crippen molar-refractivity contribution in [3.63, 3.8) is 0 Å². The van der Waals surface area contributed by atoms with E-state index in [2.05, 4.69) is 22.1 Å². The zero-order valence-corrected chi connectivity index (χ0v) is 12.0. The summed E-state index contributed by atoms with van der Waals surface area (Å²) in [5.74, 6) is 0.0686. The van der Waals surface area contributed by atoms with Gasteiger partial charge >= 0.3 is 0 Å².